The third-order valence-electron chi connectivity index (χ3n) is 4.83. The fourth-order valence-corrected chi connectivity index (χ4v) is 3.24. The van der Waals surface area contributed by atoms with E-state index in [0.717, 1.165) is 23.2 Å². The van der Waals surface area contributed by atoms with Gasteiger partial charge in [-0.25, -0.2) is 4.79 Å². The van der Waals surface area contributed by atoms with E-state index < -0.39 is 11.2 Å². The summed E-state index contributed by atoms with van der Waals surface area (Å²) in [5, 5.41) is 12.8. The van der Waals surface area contributed by atoms with Crippen LogP contribution in [-0.4, -0.2) is 46.9 Å². The molecule has 0 amide bonds. The average molecular weight is 369 g/mol. The topological polar surface area (TPSA) is 92.3 Å². The minimum absolute atomic E-state index is 0.0671. The fourth-order valence-electron chi connectivity index (χ4n) is 3.24. The Kier molecular flexibility index (Phi) is 5.74. The Morgan fingerprint density at radius 1 is 1.15 bits per heavy atom. The summed E-state index contributed by atoms with van der Waals surface area (Å²) in [5.41, 5.74) is -0.121. The molecule has 1 saturated heterocycles. The summed E-state index contributed by atoms with van der Waals surface area (Å²) in [6.45, 7) is 3.64. The normalized spacial score (nSPS) is 15.9. The van der Waals surface area contributed by atoms with Gasteiger partial charge in [0.1, 0.15) is 11.9 Å². The van der Waals surface area contributed by atoms with Crippen LogP contribution in [0.1, 0.15) is 17.2 Å². The number of ether oxygens (including phenoxy) is 1. The number of nitriles is 1. The molecule has 1 N–H and O–H groups in total. The van der Waals surface area contributed by atoms with Crippen molar-refractivity contribution in [3.8, 4) is 6.07 Å². The van der Waals surface area contributed by atoms with E-state index in [1.165, 1.54) is 11.6 Å². The van der Waals surface area contributed by atoms with E-state index in [1.54, 1.807) is 7.05 Å². The van der Waals surface area contributed by atoms with Crippen LogP contribution in [0.4, 0.5) is 5.82 Å². The molecule has 1 aliphatic rings. The number of rotatable bonds is 5. The van der Waals surface area contributed by atoms with Gasteiger partial charge in [-0.05, 0) is 5.56 Å². The van der Waals surface area contributed by atoms with Gasteiger partial charge in [0.15, 0.2) is 5.56 Å². The standard InChI is InChI=1S/C19H23N5O3/c1-22-17(15(12-20)18(25)23(2)19(22)26)21-16(14-6-4-3-5-7-14)13-24-8-10-27-11-9-24/h3-7,16,21H,8-11,13H2,1-2H3. The number of anilines is 1. The monoisotopic (exact) mass is 369 g/mol. The molecule has 1 unspecified atom stereocenters. The molecule has 2 aromatic rings. The van der Waals surface area contributed by atoms with Crippen molar-refractivity contribution in [2.75, 3.05) is 38.2 Å². The minimum atomic E-state index is -0.596. The molecular weight excluding hydrogens is 346 g/mol. The van der Waals surface area contributed by atoms with Crippen LogP contribution in [0.2, 0.25) is 0 Å². The quantitative estimate of drug-likeness (QED) is 0.822. The predicted molar refractivity (Wildman–Crippen MR) is 102 cm³/mol. The van der Waals surface area contributed by atoms with Crippen molar-refractivity contribution >= 4 is 5.82 Å². The molecule has 8 heteroatoms. The van der Waals surface area contributed by atoms with E-state index in [-0.39, 0.29) is 17.4 Å². The molecule has 1 aromatic carbocycles. The molecule has 1 aromatic heterocycles. The van der Waals surface area contributed by atoms with Crippen LogP contribution >= 0.6 is 0 Å². The third kappa shape index (κ3) is 3.94. The van der Waals surface area contributed by atoms with Crippen molar-refractivity contribution in [3.63, 3.8) is 0 Å². The highest BCUT2D eigenvalue weighted by Crippen LogP contribution is 2.21. The first-order valence-corrected chi connectivity index (χ1v) is 8.84. The zero-order valence-electron chi connectivity index (χ0n) is 15.5. The van der Waals surface area contributed by atoms with Crippen molar-refractivity contribution in [1.82, 2.24) is 14.0 Å². The second-order valence-electron chi connectivity index (χ2n) is 6.56. The number of nitrogens with zero attached hydrogens (tertiary/aromatic N) is 4. The predicted octanol–water partition coefficient (Wildman–Crippen LogP) is 0.441. The summed E-state index contributed by atoms with van der Waals surface area (Å²) in [7, 11) is 2.93. The molecule has 0 bridgehead atoms. The second-order valence-corrected chi connectivity index (χ2v) is 6.56. The van der Waals surface area contributed by atoms with Crippen molar-refractivity contribution in [3.05, 3.63) is 62.3 Å². The van der Waals surface area contributed by atoms with Crippen LogP contribution in [0.5, 0.6) is 0 Å². The van der Waals surface area contributed by atoms with Gasteiger partial charge < -0.3 is 10.1 Å². The van der Waals surface area contributed by atoms with Crippen LogP contribution in [-0.2, 0) is 18.8 Å². The van der Waals surface area contributed by atoms with Crippen molar-refractivity contribution < 1.29 is 4.74 Å². The molecule has 8 nitrogen and oxygen atoms in total. The molecule has 0 aliphatic carbocycles. The molecule has 3 rings (SSSR count). The second kappa shape index (κ2) is 8.20. The highest BCUT2D eigenvalue weighted by Gasteiger charge is 2.22. The van der Waals surface area contributed by atoms with Crippen LogP contribution in [0.15, 0.2) is 39.9 Å². The van der Waals surface area contributed by atoms with Crippen LogP contribution < -0.4 is 16.6 Å². The number of morpholine rings is 1. The Morgan fingerprint density at radius 2 is 1.81 bits per heavy atom. The highest BCUT2D eigenvalue weighted by atomic mass is 16.5. The summed E-state index contributed by atoms with van der Waals surface area (Å²) >= 11 is 0. The van der Waals surface area contributed by atoms with Gasteiger partial charge in [0.05, 0.1) is 19.3 Å². The summed E-state index contributed by atoms with van der Waals surface area (Å²) in [6.07, 6.45) is 0. The molecule has 1 aliphatic heterocycles. The minimum Gasteiger partial charge on any atom is -0.379 e. The van der Waals surface area contributed by atoms with Crippen molar-refractivity contribution in [2.45, 2.75) is 6.04 Å². The Morgan fingerprint density at radius 3 is 2.44 bits per heavy atom. The molecule has 0 saturated carbocycles. The van der Waals surface area contributed by atoms with Crippen LogP contribution in [0.25, 0.3) is 0 Å². The molecular formula is C19H23N5O3. The van der Waals surface area contributed by atoms with Gasteiger partial charge in [0, 0.05) is 33.7 Å². The molecule has 27 heavy (non-hydrogen) atoms. The molecule has 1 atom stereocenters. The first-order chi connectivity index (χ1) is 13.0. The Balaban J connectivity index is 2.01. The summed E-state index contributed by atoms with van der Waals surface area (Å²) < 4.78 is 7.67. The van der Waals surface area contributed by atoms with E-state index in [4.69, 9.17) is 4.74 Å². The zero-order chi connectivity index (χ0) is 19.4. The largest absolute Gasteiger partial charge is 0.379 e. The van der Waals surface area contributed by atoms with Gasteiger partial charge in [-0.2, -0.15) is 5.26 Å². The molecule has 0 spiro atoms. The lowest BCUT2D eigenvalue weighted by molar-refractivity contribution is 0.0360. The van der Waals surface area contributed by atoms with Gasteiger partial charge in [-0.3, -0.25) is 18.8 Å². The molecule has 142 valence electrons. The first-order valence-electron chi connectivity index (χ1n) is 8.84. The lowest BCUT2D eigenvalue weighted by Crippen LogP contribution is -2.42. The van der Waals surface area contributed by atoms with Gasteiger partial charge in [-0.15, -0.1) is 0 Å². The molecule has 0 radical (unpaired) electrons. The van der Waals surface area contributed by atoms with E-state index in [1.807, 2.05) is 36.4 Å². The van der Waals surface area contributed by atoms with Gasteiger partial charge in [-0.1, -0.05) is 30.3 Å². The first kappa shape index (κ1) is 18.9. The maximum atomic E-state index is 12.4. The fraction of sp³-hybridized carbons (Fsp3) is 0.421. The number of hydrogen-bond acceptors (Lipinski definition) is 6. The van der Waals surface area contributed by atoms with E-state index in [9.17, 15) is 14.9 Å². The average Bonchev–Trinajstić information content (AvgIpc) is 2.71. The van der Waals surface area contributed by atoms with Crippen molar-refractivity contribution in [2.24, 2.45) is 14.1 Å². The highest BCUT2D eigenvalue weighted by molar-refractivity contribution is 5.52. The maximum absolute atomic E-state index is 12.4. The summed E-state index contributed by atoms with van der Waals surface area (Å²) in [6, 6.07) is 11.6. The Hall–Kier alpha value is -2.89. The van der Waals surface area contributed by atoms with Crippen LogP contribution in [0.3, 0.4) is 0 Å². The number of nitrogens with one attached hydrogen (secondary N) is 1. The van der Waals surface area contributed by atoms with Gasteiger partial charge in [0.2, 0.25) is 0 Å². The number of benzene rings is 1. The van der Waals surface area contributed by atoms with Gasteiger partial charge >= 0.3 is 5.69 Å². The van der Waals surface area contributed by atoms with Crippen molar-refractivity contribution in [1.29, 1.82) is 5.26 Å². The summed E-state index contributed by atoms with van der Waals surface area (Å²) in [5.74, 6) is 0.243. The summed E-state index contributed by atoms with van der Waals surface area (Å²) in [4.78, 5) is 27.0. The molecule has 2 heterocycles. The SMILES string of the molecule is Cn1c(NC(CN2CCOCC2)c2ccccc2)c(C#N)c(=O)n(C)c1=O. The van der Waals surface area contributed by atoms with Gasteiger partial charge in [0.25, 0.3) is 5.56 Å². The number of aromatic nitrogens is 2. The Labute approximate surface area is 157 Å². The smallest absolute Gasteiger partial charge is 0.332 e. The van der Waals surface area contributed by atoms with E-state index in [0.29, 0.717) is 19.8 Å². The lowest BCUT2D eigenvalue weighted by Gasteiger charge is -2.32. The lowest BCUT2D eigenvalue weighted by atomic mass is 10.1. The zero-order valence-corrected chi connectivity index (χ0v) is 15.5. The third-order valence-corrected chi connectivity index (χ3v) is 4.83. The van der Waals surface area contributed by atoms with E-state index >= 15 is 0 Å². The van der Waals surface area contributed by atoms with Crippen LogP contribution in [0, 0.1) is 11.3 Å². The van der Waals surface area contributed by atoms with E-state index in [2.05, 4.69) is 10.2 Å². The number of hydrogen-bond donors (Lipinski definition) is 1. The maximum Gasteiger partial charge on any atom is 0.332 e. The Bertz CT molecular complexity index is 952. The molecule has 1 fully saturated rings.